The fourth-order valence-electron chi connectivity index (χ4n) is 6.64. The molecule has 5 N–H and O–H groups in total. The van der Waals surface area contributed by atoms with E-state index in [2.05, 4.69) is 82.0 Å². The van der Waals surface area contributed by atoms with Crippen molar-refractivity contribution in [3.05, 3.63) is 69.6 Å². The van der Waals surface area contributed by atoms with Crippen molar-refractivity contribution < 1.29 is 19.4 Å². The quantitative estimate of drug-likeness (QED) is 0.0571. The Labute approximate surface area is 302 Å². The molecular formula is C36H43Br2N5O4S. The molecule has 0 saturated carbocycles. The Hall–Kier alpha value is -2.93. The summed E-state index contributed by atoms with van der Waals surface area (Å²) in [6.45, 7) is 2.16. The number of hydrogen-bond acceptors (Lipinski definition) is 6. The molecule has 2 saturated heterocycles. The topological polar surface area (TPSA) is 117 Å². The Morgan fingerprint density at radius 2 is 1.75 bits per heavy atom. The molecule has 2 fully saturated rings. The van der Waals surface area contributed by atoms with E-state index >= 15 is 0 Å². The van der Waals surface area contributed by atoms with Gasteiger partial charge in [-0.05, 0) is 80.6 Å². The fraction of sp³-hybridized carbons (Fsp3) is 0.444. The highest BCUT2D eigenvalue weighted by molar-refractivity contribution is 9.10. The normalized spacial score (nSPS) is 19.2. The van der Waals surface area contributed by atoms with E-state index in [1.54, 1.807) is 0 Å². The van der Waals surface area contributed by atoms with Crippen LogP contribution < -0.4 is 26.0 Å². The number of nitrogens with one attached hydrogen (secondary N) is 4. The van der Waals surface area contributed by atoms with Gasteiger partial charge in [0.25, 0.3) is 0 Å². The van der Waals surface area contributed by atoms with Crippen LogP contribution >= 0.6 is 43.6 Å². The first-order valence-corrected chi connectivity index (χ1v) is 19.4. The highest BCUT2D eigenvalue weighted by Gasteiger charge is 2.42. The fourth-order valence-corrected chi connectivity index (χ4v) is 8.90. The summed E-state index contributed by atoms with van der Waals surface area (Å²) >= 11 is 9.11. The van der Waals surface area contributed by atoms with Crippen molar-refractivity contribution >= 4 is 83.1 Å². The van der Waals surface area contributed by atoms with Crippen LogP contribution in [0.1, 0.15) is 44.9 Å². The standard InChI is InChI=1S/C36H43Br2N5O4S/c37-23-11-13-31-28(17-23)29-18-24(38)12-14-32(29)43(31)21-26(44)20-40-25-7-6-8-27(19-25)47-16-5-1-4-15-39-34(45)10-3-2-9-33-35-30(22-48-33)41-36(46)42-35/h6-8,11-14,17-19,26,30,33,35,40,44H,1-5,9-10,15-16,20-22H2,(H,39,45)(H2,41,42,46). The maximum Gasteiger partial charge on any atom is 0.315 e. The first-order chi connectivity index (χ1) is 23.3. The van der Waals surface area contributed by atoms with Crippen LogP contribution in [0.5, 0.6) is 5.75 Å². The van der Waals surface area contributed by atoms with Gasteiger partial charge in [0.15, 0.2) is 0 Å². The zero-order chi connectivity index (χ0) is 33.5. The number of unbranched alkanes of at least 4 members (excludes halogenated alkanes) is 3. The number of amides is 3. The second-order valence-electron chi connectivity index (χ2n) is 12.6. The summed E-state index contributed by atoms with van der Waals surface area (Å²) < 4.78 is 10.2. The zero-order valence-electron chi connectivity index (χ0n) is 26.9. The maximum absolute atomic E-state index is 12.2. The van der Waals surface area contributed by atoms with E-state index in [-0.39, 0.29) is 24.0 Å². The Bertz CT molecular complexity index is 1680. The molecule has 1 aromatic heterocycles. The molecule has 0 spiro atoms. The average molecular weight is 802 g/mol. The largest absolute Gasteiger partial charge is 0.494 e. The molecule has 2 aliphatic heterocycles. The molecule has 0 bridgehead atoms. The molecule has 4 unspecified atom stereocenters. The number of thioether (sulfide) groups is 1. The summed E-state index contributed by atoms with van der Waals surface area (Å²) in [6.07, 6.45) is 5.66. The van der Waals surface area contributed by atoms with E-state index in [4.69, 9.17) is 4.74 Å². The molecule has 4 atom stereocenters. The number of fused-ring (bicyclic) bond motifs is 4. The van der Waals surface area contributed by atoms with Crippen molar-refractivity contribution in [3.8, 4) is 5.75 Å². The highest BCUT2D eigenvalue weighted by atomic mass is 79.9. The van der Waals surface area contributed by atoms with Crippen LogP contribution in [0.4, 0.5) is 10.5 Å². The number of carbonyl (C=O) groups excluding carboxylic acids is 2. The molecule has 3 heterocycles. The lowest BCUT2D eigenvalue weighted by Gasteiger charge is -2.16. The van der Waals surface area contributed by atoms with Gasteiger partial charge in [0, 0.05) is 73.0 Å². The molecule has 48 heavy (non-hydrogen) atoms. The zero-order valence-corrected chi connectivity index (χ0v) is 30.8. The first-order valence-electron chi connectivity index (χ1n) is 16.8. The smallest absolute Gasteiger partial charge is 0.315 e. The number of carbonyl (C=O) groups is 2. The van der Waals surface area contributed by atoms with Gasteiger partial charge in [0.1, 0.15) is 5.75 Å². The second kappa shape index (κ2) is 16.7. The molecular weight excluding hydrogens is 758 g/mol. The lowest BCUT2D eigenvalue weighted by atomic mass is 10.0. The number of urea groups is 1. The van der Waals surface area contributed by atoms with E-state index in [1.165, 1.54) is 0 Å². The van der Waals surface area contributed by atoms with Crippen LogP contribution in [-0.2, 0) is 11.3 Å². The molecule has 2 aliphatic rings. The molecule has 0 radical (unpaired) electrons. The summed E-state index contributed by atoms with van der Waals surface area (Å²) in [5, 5.41) is 26.2. The Morgan fingerprint density at radius 3 is 2.52 bits per heavy atom. The lowest BCUT2D eigenvalue weighted by molar-refractivity contribution is -0.121. The average Bonchev–Trinajstić information content (AvgIpc) is 3.72. The van der Waals surface area contributed by atoms with Crippen LogP contribution in [0.2, 0.25) is 0 Å². The molecule has 12 heteroatoms. The number of nitrogens with zero attached hydrogens (tertiary/aromatic N) is 1. The third kappa shape index (κ3) is 8.99. The number of ether oxygens (including phenoxy) is 1. The predicted molar refractivity (Wildman–Crippen MR) is 202 cm³/mol. The van der Waals surface area contributed by atoms with Gasteiger partial charge in [0.05, 0.1) is 31.3 Å². The van der Waals surface area contributed by atoms with Crippen molar-refractivity contribution in [2.24, 2.45) is 0 Å². The van der Waals surface area contributed by atoms with Crippen molar-refractivity contribution in [2.45, 2.75) is 74.9 Å². The molecule has 3 aromatic carbocycles. The summed E-state index contributed by atoms with van der Waals surface area (Å²) in [7, 11) is 0. The lowest BCUT2D eigenvalue weighted by Crippen LogP contribution is -2.36. The van der Waals surface area contributed by atoms with Crippen molar-refractivity contribution in [3.63, 3.8) is 0 Å². The van der Waals surface area contributed by atoms with Crippen LogP contribution in [0.3, 0.4) is 0 Å². The van der Waals surface area contributed by atoms with E-state index in [0.29, 0.717) is 37.9 Å². The molecule has 256 valence electrons. The van der Waals surface area contributed by atoms with E-state index < -0.39 is 6.10 Å². The number of halogens is 2. The van der Waals surface area contributed by atoms with E-state index in [1.807, 2.05) is 48.2 Å². The Kier molecular flexibility index (Phi) is 12.1. The van der Waals surface area contributed by atoms with Gasteiger partial charge >= 0.3 is 6.03 Å². The van der Waals surface area contributed by atoms with Gasteiger partial charge in [-0.3, -0.25) is 4.79 Å². The van der Waals surface area contributed by atoms with Gasteiger partial charge in [0.2, 0.25) is 5.91 Å². The van der Waals surface area contributed by atoms with Crippen LogP contribution in [-0.4, -0.2) is 70.5 Å². The van der Waals surface area contributed by atoms with E-state index in [9.17, 15) is 14.7 Å². The van der Waals surface area contributed by atoms with Crippen LogP contribution in [0, 0.1) is 0 Å². The number of anilines is 1. The van der Waals surface area contributed by atoms with Gasteiger partial charge in [-0.2, -0.15) is 11.8 Å². The van der Waals surface area contributed by atoms with Crippen molar-refractivity contribution in [2.75, 3.05) is 30.8 Å². The number of hydrogen-bond donors (Lipinski definition) is 5. The number of aliphatic hydroxyl groups excluding tert-OH is 1. The van der Waals surface area contributed by atoms with Gasteiger partial charge in [-0.25, -0.2) is 4.79 Å². The first kappa shape index (κ1) is 34.9. The third-order valence-corrected chi connectivity index (χ3v) is 11.5. The minimum atomic E-state index is -0.597. The van der Waals surface area contributed by atoms with Crippen molar-refractivity contribution in [1.82, 2.24) is 20.5 Å². The van der Waals surface area contributed by atoms with Crippen molar-refractivity contribution in [1.29, 1.82) is 0 Å². The molecule has 6 rings (SSSR count). The second-order valence-corrected chi connectivity index (χ2v) is 15.7. The summed E-state index contributed by atoms with van der Waals surface area (Å²) in [6, 6.07) is 20.8. The van der Waals surface area contributed by atoms with Gasteiger partial charge in [-0.15, -0.1) is 0 Å². The van der Waals surface area contributed by atoms with E-state index in [0.717, 1.165) is 86.5 Å². The number of benzene rings is 3. The number of aromatic nitrogens is 1. The van der Waals surface area contributed by atoms with Crippen LogP contribution in [0.15, 0.2) is 69.6 Å². The highest BCUT2D eigenvalue weighted by Crippen LogP contribution is 2.34. The van der Waals surface area contributed by atoms with Gasteiger partial charge in [-0.1, -0.05) is 44.3 Å². The predicted octanol–water partition coefficient (Wildman–Crippen LogP) is 7.18. The maximum atomic E-state index is 12.2. The van der Waals surface area contributed by atoms with Crippen LogP contribution in [0.25, 0.3) is 21.8 Å². The summed E-state index contributed by atoms with van der Waals surface area (Å²) in [5.41, 5.74) is 3.08. The SMILES string of the molecule is O=C(CCCCC1SCC2NC(=O)NC21)NCCCCCOc1cccc(NCC(O)Cn2c3ccc(Br)cc3c3cc(Br)ccc32)c1. The monoisotopic (exact) mass is 799 g/mol. The number of rotatable bonds is 17. The molecule has 0 aliphatic carbocycles. The number of aliphatic hydroxyl groups is 1. The minimum Gasteiger partial charge on any atom is -0.494 e. The minimum absolute atomic E-state index is 0.0498. The Balaban J connectivity index is 0.848. The third-order valence-electron chi connectivity index (χ3n) is 9.05. The molecule has 3 amide bonds. The molecule has 9 nitrogen and oxygen atoms in total. The summed E-state index contributed by atoms with van der Waals surface area (Å²) in [4.78, 5) is 23.8. The van der Waals surface area contributed by atoms with Gasteiger partial charge < -0.3 is 35.7 Å². The Morgan fingerprint density at radius 1 is 0.979 bits per heavy atom. The molecule has 4 aromatic rings. The summed E-state index contributed by atoms with van der Waals surface area (Å²) in [5.74, 6) is 1.88.